The molecule has 0 radical (unpaired) electrons. The zero-order chi connectivity index (χ0) is 20.8. The average Bonchev–Trinajstić information content (AvgIpc) is 2.89. The van der Waals surface area contributed by atoms with Gasteiger partial charge in [0.1, 0.15) is 5.54 Å². The molecule has 1 unspecified atom stereocenters. The first-order chi connectivity index (χ1) is 13.8. The van der Waals surface area contributed by atoms with Crippen LogP contribution >= 0.6 is 11.6 Å². The van der Waals surface area contributed by atoms with E-state index in [0.717, 1.165) is 23.8 Å². The van der Waals surface area contributed by atoms with Crippen molar-refractivity contribution in [1.82, 2.24) is 9.88 Å². The molecule has 2 aliphatic heterocycles. The van der Waals surface area contributed by atoms with E-state index < -0.39 is 23.3 Å². The maximum atomic E-state index is 13.7. The molecule has 1 N–H and O–H groups in total. The van der Waals surface area contributed by atoms with Crippen molar-refractivity contribution in [2.24, 2.45) is 0 Å². The summed E-state index contributed by atoms with van der Waals surface area (Å²) in [6.07, 6.45) is 3.65. The standard InChI is InChI=1S/C20H18ClFN4O3/c1-20-8-2-3-10-25(20)19(29)26(18(20)28)15-7-6-12(11-13(15)21)24-17(27)16-14(22)5-4-9-23-16/h4-7,9,11H,2-3,8,10H2,1H3,(H,24,27). The molecule has 0 aliphatic carbocycles. The lowest BCUT2D eigenvalue weighted by Gasteiger charge is -2.35. The van der Waals surface area contributed by atoms with Gasteiger partial charge in [0.15, 0.2) is 11.5 Å². The van der Waals surface area contributed by atoms with E-state index in [1.54, 1.807) is 11.8 Å². The summed E-state index contributed by atoms with van der Waals surface area (Å²) >= 11 is 6.34. The van der Waals surface area contributed by atoms with Crippen LogP contribution in [0.25, 0.3) is 0 Å². The monoisotopic (exact) mass is 416 g/mol. The number of amides is 4. The molecule has 0 bridgehead atoms. The van der Waals surface area contributed by atoms with Crippen LogP contribution in [0.3, 0.4) is 0 Å². The van der Waals surface area contributed by atoms with Crippen LogP contribution in [0.5, 0.6) is 0 Å². The number of halogens is 2. The number of piperidine rings is 1. The molecule has 2 aromatic rings. The number of anilines is 2. The average molecular weight is 417 g/mol. The summed E-state index contributed by atoms with van der Waals surface area (Å²) in [4.78, 5) is 44.5. The summed E-state index contributed by atoms with van der Waals surface area (Å²) in [7, 11) is 0. The molecule has 1 atom stereocenters. The van der Waals surface area contributed by atoms with E-state index in [1.165, 1.54) is 30.5 Å². The van der Waals surface area contributed by atoms with E-state index in [0.29, 0.717) is 13.0 Å². The minimum Gasteiger partial charge on any atom is -0.321 e. The van der Waals surface area contributed by atoms with Crippen LogP contribution in [0.1, 0.15) is 36.7 Å². The van der Waals surface area contributed by atoms with Crippen LogP contribution in [0.4, 0.5) is 20.6 Å². The first kappa shape index (κ1) is 19.3. The number of pyridine rings is 1. The van der Waals surface area contributed by atoms with Gasteiger partial charge in [-0.25, -0.2) is 19.1 Å². The van der Waals surface area contributed by atoms with Gasteiger partial charge >= 0.3 is 6.03 Å². The Morgan fingerprint density at radius 1 is 1.28 bits per heavy atom. The Bertz CT molecular complexity index is 1030. The molecule has 4 amide bonds. The molecule has 9 heteroatoms. The van der Waals surface area contributed by atoms with E-state index in [-0.39, 0.29) is 28.0 Å². The molecular weight excluding hydrogens is 399 g/mol. The molecule has 150 valence electrons. The van der Waals surface area contributed by atoms with Crippen molar-refractivity contribution in [2.75, 3.05) is 16.8 Å². The van der Waals surface area contributed by atoms with E-state index in [9.17, 15) is 18.8 Å². The minimum absolute atomic E-state index is 0.120. The molecule has 2 aliphatic rings. The Morgan fingerprint density at radius 2 is 2.07 bits per heavy atom. The highest BCUT2D eigenvalue weighted by Crippen LogP contribution is 2.41. The van der Waals surface area contributed by atoms with Gasteiger partial charge in [0.2, 0.25) is 0 Å². The fourth-order valence-corrected chi connectivity index (χ4v) is 4.08. The third-order valence-electron chi connectivity index (χ3n) is 5.40. The number of fused-ring (bicyclic) bond motifs is 1. The van der Waals surface area contributed by atoms with Gasteiger partial charge in [-0.05, 0) is 56.5 Å². The molecule has 7 nitrogen and oxygen atoms in total. The number of carbonyl (C=O) groups is 3. The van der Waals surface area contributed by atoms with Crippen molar-refractivity contribution in [3.63, 3.8) is 0 Å². The molecular formula is C20H18ClFN4O3. The Hall–Kier alpha value is -3.00. The van der Waals surface area contributed by atoms with Crippen LogP contribution in [0.15, 0.2) is 36.5 Å². The minimum atomic E-state index is -0.859. The number of nitrogens with one attached hydrogen (secondary N) is 1. The Labute approximate surface area is 171 Å². The number of imide groups is 1. The fraction of sp³-hybridized carbons (Fsp3) is 0.300. The van der Waals surface area contributed by atoms with E-state index in [2.05, 4.69) is 10.3 Å². The summed E-state index contributed by atoms with van der Waals surface area (Å²) in [6, 6.07) is 6.53. The van der Waals surface area contributed by atoms with Gasteiger partial charge in [-0.3, -0.25) is 9.59 Å². The van der Waals surface area contributed by atoms with E-state index in [1.807, 2.05) is 0 Å². The summed E-state index contributed by atoms with van der Waals surface area (Å²) < 4.78 is 13.7. The largest absolute Gasteiger partial charge is 0.332 e. The van der Waals surface area contributed by atoms with Crippen LogP contribution in [-0.4, -0.2) is 39.8 Å². The quantitative estimate of drug-likeness (QED) is 0.771. The van der Waals surface area contributed by atoms with Crippen LogP contribution in [0, 0.1) is 5.82 Å². The maximum Gasteiger partial charge on any atom is 0.332 e. The van der Waals surface area contributed by atoms with E-state index >= 15 is 0 Å². The Morgan fingerprint density at radius 3 is 2.76 bits per heavy atom. The summed E-state index contributed by atoms with van der Waals surface area (Å²) in [5.74, 6) is -1.78. The van der Waals surface area contributed by atoms with Gasteiger partial charge in [-0.2, -0.15) is 0 Å². The molecule has 4 rings (SSSR count). The van der Waals surface area contributed by atoms with Crippen molar-refractivity contribution in [1.29, 1.82) is 0 Å². The van der Waals surface area contributed by atoms with Gasteiger partial charge < -0.3 is 10.2 Å². The topological polar surface area (TPSA) is 82.6 Å². The highest BCUT2D eigenvalue weighted by Gasteiger charge is 2.55. The van der Waals surface area contributed by atoms with Crippen LogP contribution in [-0.2, 0) is 4.79 Å². The summed E-state index contributed by atoms with van der Waals surface area (Å²) in [5, 5.41) is 2.63. The maximum absolute atomic E-state index is 13.7. The third-order valence-corrected chi connectivity index (χ3v) is 5.70. The molecule has 1 aromatic carbocycles. The van der Waals surface area contributed by atoms with Crippen molar-refractivity contribution >= 4 is 40.8 Å². The lowest BCUT2D eigenvalue weighted by atomic mass is 9.89. The smallest absolute Gasteiger partial charge is 0.321 e. The number of carbonyl (C=O) groups excluding carboxylic acids is 3. The number of hydrogen-bond acceptors (Lipinski definition) is 4. The van der Waals surface area contributed by atoms with Crippen LogP contribution < -0.4 is 10.2 Å². The normalized spacial score (nSPS) is 21.3. The molecule has 3 heterocycles. The Balaban J connectivity index is 1.60. The number of benzene rings is 1. The molecule has 1 aromatic heterocycles. The summed E-state index contributed by atoms with van der Waals surface area (Å²) in [5.41, 5.74) is -0.666. The number of hydrogen-bond donors (Lipinski definition) is 1. The highest BCUT2D eigenvalue weighted by molar-refractivity contribution is 6.36. The second kappa shape index (κ2) is 7.11. The SMILES string of the molecule is CC12CCCCN1C(=O)N(c1ccc(NC(=O)c3ncccc3F)cc1Cl)C2=O. The highest BCUT2D eigenvalue weighted by atomic mass is 35.5. The van der Waals surface area contributed by atoms with Gasteiger partial charge in [-0.1, -0.05) is 11.6 Å². The lowest BCUT2D eigenvalue weighted by molar-refractivity contribution is -0.125. The second-order valence-corrected chi connectivity index (χ2v) is 7.67. The Kier molecular flexibility index (Phi) is 4.74. The number of urea groups is 1. The number of rotatable bonds is 3. The third kappa shape index (κ3) is 3.13. The zero-order valence-electron chi connectivity index (χ0n) is 15.6. The van der Waals surface area contributed by atoms with Gasteiger partial charge in [0.05, 0.1) is 10.7 Å². The predicted octanol–water partition coefficient (Wildman–Crippen LogP) is 3.84. The molecule has 2 fully saturated rings. The van der Waals surface area contributed by atoms with Gasteiger partial charge in [0, 0.05) is 18.4 Å². The zero-order valence-corrected chi connectivity index (χ0v) is 16.4. The molecule has 29 heavy (non-hydrogen) atoms. The molecule has 0 saturated carbocycles. The number of aromatic nitrogens is 1. The first-order valence-electron chi connectivity index (χ1n) is 9.20. The van der Waals surface area contributed by atoms with E-state index in [4.69, 9.17) is 11.6 Å². The summed E-state index contributed by atoms with van der Waals surface area (Å²) in [6.45, 7) is 2.30. The van der Waals surface area contributed by atoms with Gasteiger partial charge in [-0.15, -0.1) is 0 Å². The van der Waals surface area contributed by atoms with Crippen molar-refractivity contribution in [3.05, 3.63) is 53.1 Å². The first-order valence-corrected chi connectivity index (χ1v) is 9.58. The van der Waals surface area contributed by atoms with Crippen molar-refractivity contribution < 1.29 is 18.8 Å². The van der Waals surface area contributed by atoms with Crippen molar-refractivity contribution in [3.8, 4) is 0 Å². The van der Waals surface area contributed by atoms with Crippen LogP contribution in [0.2, 0.25) is 5.02 Å². The van der Waals surface area contributed by atoms with Crippen molar-refractivity contribution in [2.45, 2.75) is 31.7 Å². The lowest BCUT2D eigenvalue weighted by Crippen LogP contribution is -2.49. The fourth-order valence-electron chi connectivity index (χ4n) is 3.82. The number of nitrogens with zero attached hydrogens (tertiary/aromatic N) is 3. The van der Waals surface area contributed by atoms with Gasteiger partial charge in [0.25, 0.3) is 11.8 Å². The molecule has 0 spiro atoms. The second-order valence-electron chi connectivity index (χ2n) is 7.26. The molecule has 2 saturated heterocycles. The predicted molar refractivity (Wildman–Crippen MR) is 105 cm³/mol.